The zero-order valence-electron chi connectivity index (χ0n) is 11.6. The van der Waals surface area contributed by atoms with Gasteiger partial charge in [0.2, 0.25) is 5.91 Å². The number of carbonyl (C=O) groups excluding carboxylic acids is 2. The van der Waals surface area contributed by atoms with Crippen LogP contribution in [0, 0.1) is 0 Å². The van der Waals surface area contributed by atoms with Gasteiger partial charge in [0.05, 0.1) is 6.04 Å². The summed E-state index contributed by atoms with van der Waals surface area (Å²) >= 11 is 1.71. The van der Waals surface area contributed by atoms with Crippen LogP contribution < -0.4 is 16.0 Å². The zero-order valence-corrected chi connectivity index (χ0v) is 12.4. The molecule has 0 spiro atoms. The van der Waals surface area contributed by atoms with Gasteiger partial charge in [-0.25, -0.2) is 0 Å². The van der Waals surface area contributed by atoms with Crippen LogP contribution in [0.3, 0.4) is 0 Å². The van der Waals surface area contributed by atoms with Gasteiger partial charge in [-0.3, -0.25) is 14.9 Å². The number of anilines is 1. The summed E-state index contributed by atoms with van der Waals surface area (Å²) in [4.78, 5) is 23.7. The van der Waals surface area contributed by atoms with E-state index in [0.29, 0.717) is 11.3 Å². The van der Waals surface area contributed by atoms with Crippen LogP contribution in [0.5, 0.6) is 0 Å². The smallest absolute Gasteiger partial charge is 0.251 e. The van der Waals surface area contributed by atoms with E-state index in [1.54, 1.807) is 36.0 Å². The molecule has 3 N–H and O–H groups in total. The van der Waals surface area contributed by atoms with Crippen molar-refractivity contribution < 1.29 is 9.59 Å². The first-order valence-corrected chi connectivity index (χ1v) is 7.74. The molecule has 6 heteroatoms. The fraction of sp³-hybridized carbons (Fsp3) is 0.429. The molecule has 1 fully saturated rings. The van der Waals surface area contributed by atoms with Crippen molar-refractivity contribution >= 4 is 29.3 Å². The quantitative estimate of drug-likeness (QED) is 0.785. The number of hydrogen-bond donors (Lipinski definition) is 3. The maximum absolute atomic E-state index is 11.9. The van der Waals surface area contributed by atoms with Crippen molar-refractivity contribution in [3.63, 3.8) is 0 Å². The molecule has 1 aromatic rings. The van der Waals surface area contributed by atoms with E-state index < -0.39 is 0 Å². The summed E-state index contributed by atoms with van der Waals surface area (Å²) in [7, 11) is 0. The first-order valence-electron chi connectivity index (χ1n) is 6.59. The van der Waals surface area contributed by atoms with Gasteiger partial charge in [-0.05, 0) is 38.1 Å². The SMILES string of the molecule is CC(C)NC(=O)c1ccc(NC(=O)C2CSCN2)cc1. The molecule has 108 valence electrons. The molecule has 0 saturated carbocycles. The van der Waals surface area contributed by atoms with Crippen molar-refractivity contribution in [2.75, 3.05) is 16.9 Å². The van der Waals surface area contributed by atoms with Crippen LogP contribution >= 0.6 is 11.8 Å². The number of nitrogens with one attached hydrogen (secondary N) is 3. The highest BCUT2D eigenvalue weighted by molar-refractivity contribution is 7.99. The lowest BCUT2D eigenvalue weighted by Gasteiger charge is -2.11. The topological polar surface area (TPSA) is 70.2 Å². The van der Waals surface area contributed by atoms with Crippen molar-refractivity contribution in [1.82, 2.24) is 10.6 Å². The Morgan fingerprint density at radius 2 is 2.00 bits per heavy atom. The normalized spacial score (nSPS) is 18.1. The van der Waals surface area contributed by atoms with E-state index in [1.165, 1.54) is 0 Å². The molecule has 1 atom stereocenters. The second kappa shape index (κ2) is 6.76. The summed E-state index contributed by atoms with van der Waals surface area (Å²) in [6.07, 6.45) is 0. The van der Waals surface area contributed by atoms with Gasteiger partial charge >= 0.3 is 0 Å². The molecule has 1 heterocycles. The summed E-state index contributed by atoms with van der Waals surface area (Å²) in [5, 5.41) is 8.78. The Hall–Kier alpha value is -1.53. The average molecular weight is 293 g/mol. The van der Waals surface area contributed by atoms with Gasteiger partial charge in [0.1, 0.15) is 0 Å². The van der Waals surface area contributed by atoms with Crippen molar-refractivity contribution in [1.29, 1.82) is 0 Å². The first-order chi connectivity index (χ1) is 9.56. The van der Waals surface area contributed by atoms with Crippen LogP contribution in [0.4, 0.5) is 5.69 Å². The molecule has 0 radical (unpaired) electrons. The molecule has 0 aliphatic carbocycles. The third kappa shape index (κ3) is 3.98. The van der Waals surface area contributed by atoms with Crippen LogP contribution in [-0.4, -0.2) is 35.5 Å². The molecule has 2 amide bonds. The second-order valence-electron chi connectivity index (χ2n) is 4.97. The van der Waals surface area contributed by atoms with Gasteiger partial charge in [0, 0.05) is 28.9 Å². The van der Waals surface area contributed by atoms with Gasteiger partial charge in [-0.15, -0.1) is 11.8 Å². The zero-order chi connectivity index (χ0) is 14.5. The van der Waals surface area contributed by atoms with Crippen molar-refractivity contribution in [3.05, 3.63) is 29.8 Å². The lowest BCUT2D eigenvalue weighted by atomic mass is 10.2. The van der Waals surface area contributed by atoms with E-state index >= 15 is 0 Å². The number of amides is 2. The van der Waals surface area contributed by atoms with E-state index in [4.69, 9.17) is 0 Å². The summed E-state index contributed by atoms with van der Waals surface area (Å²) in [5.74, 6) is 1.47. The van der Waals surface area contributed by atoms with Crippen LogP contribution in [0.15, 0.2) is 24.3 Å². The fourth-order valence-corrected chi connectivity index (χ4v) is 2.79. The summed E-state index contributed by atoms with van der Waals surface area (Å²) in [6.45, 7) is 3.83. The Labute approximate surface area is 122 Å². The molecule has 1 saturated heterocycles. The molecule has 1 unspecified atom stereocenters. The maximum atomic E-state index is 11.9. The van der Waals surface area contributed by atoms with E-state index in [9.17, 15) is 9.59 Å². The number of rotatable bonds is 4. The number of benzene rings is 1. The van der Waals surface area contributed by atoms with Crippen molar-refractivity contribution in [2.45, 2.75) is 25.9 Å². The molecule has 5 nitrogen and oxygen atoms in total. The molecule has 1 aliphatic heterocycles. The monoisotopic (exact) mass is 293 g/mol. The minimum absolute atomic E-state index is 0.0330. The summed E-state index contributed by atoms with van der Waals surface area (Å²) < 4.78 is 0. The lowest BCUT2D eigenvalue weighted by molar-refractivity contribution is -0.117. The predicted octanol–water partition coefficient (Wildman–Crippen LogP) is 1.43. The molecular formula is C14H19N3O2S. The number of hydrogen-bond acceptors (Lipinski definition) is 4. The standard InChI is InChI=1S/C14H19N3O2S/c1-9(2)16-13(18)10-3-5-11(6-4-10)17-14(19)12-7-20-8-15-12/h3-6,9,12,15H,7-8H2,1-2H3,(H,16,18)(H,17,19). The van der Waals surface area contributed by atoms with Gasteiger partial charge in [-0.2, -0.15) is 0 Å². The Morgan fingerprint density at radius 1 is 1.30 bits per heavy atom. The largest absolute Gasteiger partial charge is 0.350 e. The molecule has 0 bridgehead atoms. The Bertz CT molecular complexity index is 482. The second-order valence-corrected chi connectivity index (χ2v) is 6.00. The van der Waals surface area contributed by atoms with Crippen LogP contribution in [-0.2, 0) is 4.79 Å². The summed E-state index contributed by atoms with van der Waals surface area (Å²) in [5.41, 5.74) is 1.29. The summed E-state index contributed by atoms with van der Waals surface area (Å²) in [6, 6.07) is 6.88. The highest BCUT2D eigenvalue weighted by Gasteiger charge is 2.22. The van der Waals surface area contributed by atoms with E-state index in [-0.39, 0.29) is 23.9 Å². The maximum Gasteiger partial charge on any atom is 0.251 e. The molecule has 2 rings (SSSR count). The minimum atomic E-state index is -0.135. The average Bonchev–Trinajstić information content (AvgIpc) is 2.92. The van der Waals surface area contributed by atoms with Crippen LogP contribution in [0.1, 0.15) is 24.2 Å². The van der Waals surface area contributed by atoms with Gasteiger partial charge < -0.3 is 10.6 Å². The predicted molar refractivity (Wildman–Crippen MR) is 81.9 cm³/mol. The fourth-order valence-electron chi connectivity index (χ4n) is 1.84. The van der Waals surface area contributed by atoms with E-state index in [0.717, 1.165) is 11.6 Å². The van der Waals surface area contributed by atoms with Crippen LogP contribution in [0.25, 0.3) is 0 Å². The van der Waals surface area contributed by atoms with Gasteiger partial charge in [0.25, 0.3) is 5.91 Å². The van der Waals surface area contributed by atoms with Crippen molar-refractivity contribution in [3.8, 4) is 0 Å². The molecule has 20 heavy (non-hydrogen) atoms. The number of thioether (sulfide) groups is 1. The van der Waals surface area contributed by atoms with Crippen LogP contribution in [0.2, 0.25) is 0 Å². The molecular weight excluding hydrogens is 274 g/mol. The highest BCUT2D eigenvalue weighted by Crippen LogP contribution is 2.14. The lowest BCUT2D eigenvalue weighted by Crippen LogP contribution is -2.37. The molecule has 1 aliphatic rings. The third-order valence-electron chi connectivity index (χ3n) is 2.87. The Balaban J connectivity index is 1.94. The first kappa shape index (κ1) is 14.9. The van der Waals surface area contributed by atoms with E-state index in [2.05, 4.69) is 16.0 Å². The molecule has 1 aromatic carbocycles. The molecule has 0 aromatic heterocycles. The Kier molecular flexibility index (Phi) is 5.03. The minimum Gasteiger partial charge on any atom is -0.350 e. The third-order valence-corrected chi connectivity index (χ3v) is 3.81. The number of carbonyl (C=O) groups is 2. The van der Waals surface area contributed by atoms with Gasteiger partial charge in [-0.1, -0.05) is 0 Å². The van der Waals surface area contributed by atoms with Crippen molar-refractivity contribution in [2.24, 2.45) is 0 Å². The Morgan fingerprint density at radius 3 is 2.55 bits per heavy atom. The highest BCUT2D eigenvalue weighted by atomic mass is 32.2. The van der Waals surface area contributed by atoms with Gasteiger partial charge in [0.15, 0.2) is 0 Å². The van der Waals surface area contributed by atoms with E-state index in [1.807, 2.05) is 13.8 Å².